The molecule has 0 saturated carbocycles. The molecule has 1 N–H and O–H groups in total. The third-order valence-corrected chi connectivity index (χ3v) is 2.24. The predicted molar refractivity (Wildman–Crippen MR) is 64.7 cm³/mol. The lowest BCUT2D eigenvalue weighted by molar-refractivity contribution is -0.136. The number of benzene rings is 1. The molecule has 0 amide bonds. The van der Waals surface area contributed by atoms with Crippen LogP contribution in [-0.4, -0.2) is 24.3 Å². The fourth-order valence-corrected chi connectivity index (χ4v) is 1.58. The second-order valence-electron chi connectivity index (χ2n) is 4.01. The van der Waals surface area contributed by atoms with Crippen LogP contribution in [0, 0.1) is 0 Å². The Balaban J connectivity index is 2.92. The highest BCUT2D eigenvalue weighted by molar-refractivity contribution is 5.67. The highest BCUT2D eigenvalue weighted by Gasteiger charge is 2.12. The normalized spacial score (nSPS) is 10.4. The first-order chi connectivity index (χ1) is 8.04. The zero-order valence-corrected chi connectivity index (χ0v) is 10.4. The molecule has 1 rings (SSSR count). The van der Waals surface area contributed by atoms with Crippen LogP contribution in [0.15, 0.2) is 18.2 Å². The highest BCUT2D eigenvalue weighted by Crippen LogP contribution is 2.32. The number of methoxy groups -OCH3 is 1. The number of rotatable bonds is 6. The van der Waals surface area contributed by atoms with E-state index in [1.54, 1.807) is 7.11 Å². The first-order valence-corrected chi connectivity index (χ1v) is 5.59. The van der Waals surface area contributed by atoms with Gasteiger partial charge in [0.2, 0.25) is 0 Å². The minimum absolute atomic E-state index is 0.0543. The van der Waals surface area contributed by atoms with E-state index >= 15 is 0 Å². The number of hydrogen-bond donors (Lipinski definition) is 1. The van der Waals surface area contributed by atoms with Gasteiger partial charge in [-0.25, -0.2) is 0 Å². The zero-order valence-electron chi connectivity index (χ0n) is 10.4. The number of ether oxygens (including phenoxy) is 2. The summed E-state index contributed by atoms with van der Waals surface area (Å²) in [6, 6.07) is 5.52. The molecule has 0 heterocycles. The minimum atomic E-state index is -0.817. The van der Waals surface area contributed by atoms with E-state index in [0.717, 1.165) is 5.56 Å². The first-order valence-electron chi connectivity index (χ1n) is 5.59. The van der Waals surface area contributed by atoms with Crippen LogP contribution in [0.25, 0.3) is 0 Å². The van der Waals surface area contributed by atoms with Crippen LogP contribution in [0.2, 0.25) is 0 Å². The van der Waals surface area contributed by atoms with Crippen molar-refractivity contribution in [2.75, 3.05) is 7.11 Å². The van der Waals surface area contributed by atoms with Gasteiger partial charge in [0.15, 0.2) is 11.5 Å². The van der Waals surface area contributed by atoms with Gasteiger partial charge in [0.25, 0.3) is 0 Å². The summed E-state index contributed by atoms with van der Waals surface area (Å²) >= 11 is 0. The second-order valence-corrected chi connectivity index (χ2v) is 4.01. The molecule has 0 aliphatic rings. The molecule has 0 saturated heterocycles. The van der Waals surface area contributed by atoms with E-state index in [1.165, 1.54) is 0 Å². The van der Waals surface area contributed by atoms with Gasteiger partial charge in [-0.15, -0.1) is 0 Å². The minimum Gasteiger partial charge on any atom is -0.493 e. The van der Waals surface area contributed by atoms with Gasteiger partial charge in [-0.2, -0.15) is 0 Å². The molecule has 0 aliphatic carbocycles. The summed E-state index contributed by atoms with van der Waals surface area (Å²) in [5.74, 6) is 0.468. The highest BCUT2D eigenvalue weighted by atomic mass is 16.5. The fraction of sp³-hybridized carbons (Fsp3) is 0.462. The van der Waals surface area contributed by atoms with Gasteiger partial charge >= 0.3 is 5.97 Å². The van der Waals surface area contributed by atoms with Gasteiger partial charge in [0.1, 0.15) is 0 Å². The third kappa shape index (κ3) is 3.98. The second kappa shape index (κ2) is 6.13. The van der Waals surface area contributed by atoms with Gasteiger partial charge in [-0.05, 0) is 31.9 Å². The standard InChI is InChI=1S/C13H18O4/c1-9(2)17-11-6-4-5-10(13(11)16-3)7-8-12(14)15/h4-6,9H,7-8H2,1-3H3,(H,14,15). The molecule has 0 radical (unpaired) electrons. The van der Waals surface area contributed by atoms with Crippen molar-refractivity contribution in [3.05, 3.63) is 23.8 Å². The van der Waals surface area contributed by atoms with Gasteiger partial charge in [0.05, 0.1) is 13.2 Å². The fourth-order valence-electron chi connectivity index (χ4n) is 1.58. The van der Waals surface area contributed by atoms with Crippen molar-refractivity contribution in [3.63, 3.8) is 0 Å². The molecule has 0 atom stereocenters. The van der Waals surface area contributed by atoms with E-state index in [2.05, 4.69) is 0 Å². The van der Waals surface area contributed by atoms with E-state index in [9.17, 15) is 4.79 Å². The number of para-hydroxylation sites is 1. The molecule has 0 unspecified atom stereocenters. The summed E-state index contributed by atoms with van der Waals surface area (Å²) in [7, 11) is 1.56. The molecule has 1 aromatic carbocycles. The number of carboxylic acids is 1. The van der Waals surface area contributed by atoms with Crippen molar-refractivity contribution < 1.29 is 19.4 Å². The molecular weight excluding hydrogens is 220 g/mol. The Morgan fingerprint density at radius 1 is 1.41 bits per heavy atom. The summed E-state index contributed by atoms with van der Waals surface area (Å²) in [4.78, 5) is 10.6. The quantitative estimate of drug-likeness (QED) is 0.827. The van der Waals surface area contributed by atoms with E-state index in [-0.39, 0.29) is 12.5 Å². The molecule has 0 spiro atoms. The van der Waals surface area contributed by atoms with E-state index < -0.39 is 5.97 Å². The first kappa shape index (κ1) is 13.4. The summed E-state index contributed by atoms with van der Waals surface area (Å²) in [5, 5.41) is 8.68. The van der Waals surface area contributed by atoms with Crippen LogP contribution in [0.4, 0.5) is 0 Å². The topological polar surface area (TPSA) is 55.8 Å². The molecule has 0 fully saturated rings. The lowest BCUT2D eigenvalue weighted by atomic mass is 10.1. The average Bonchev–Trinajstić information content (AvgIpc) is 2.25. The number of carbonyl (C=O) groups is 1. The van der Waals surface area contributed by atoms with E-state index in [4.69, 9.17) is 14.6 Å². The molecule has 0 aliphatic heterocycles. The number of carboxylic acid groups (broad SMARTS) is 1. The summed E-state index contributed by atoms with van der Waals surface area (Å²) < 4.78 is 10.9. The van der Waals surface area contributed by atoms with Crippen molar-refractivity contribution in [2.45, 2.75) is 32.8 Å². The maximum atomic E-state index is 10.6. The molecule has 94 valence electrons. The van der Waals surface area contributed by atoms with Crippen molar-refractivity contribution >= 4 is 5.97 Å². The Labute approximate surface area is 101 Å². The summed E-state index contributed by atoms with van der Waals surface area (Å²) in [6.07, 6.45) is 0.577. The Morgan fingerprint density at radius 2 is 2.12 bits per heavy atom. The van der Waals surface area contributed by atoms with E-state index in [1.807, 2.05) is 32.0 Å². The number of aliphatic carboxylic acids is 1. The summed E-state index contributed by atoms with van der Waals surface area (Å²) in [5.41, 5.74) is 0.855. The van der Waals surface area contributed by atoms with Crippen molar-refractivity contribution in [2.24, 2.45) is 0 Å². The molecular formula is C13H18O4. The molecule has 1 aromatic rings. The molecule has 17 heavy (non-hydrogen) atoms. The maximum Gasteiger partial charge on any atom is 0.303 e. The van der Waals surface area contributed by atoms with Gasteiger partial charge < -0.3 is 14.6 Å². The van der Waals surface area contributed by atoms with Crippen LogP contribution in [0.3, 0.4) is 0 Å². The van der Waals surface area contributed by atoms with Crippen LogP contribution in [0.5, 0.6) is 11.5 Å². The van der Waals surface area contributed by atoms with Gasteiger partial charge in [-0.1, -0.05) is 12.1 Å². The smallest absolute Gasteiger partial charge is 0.303 e. The third-order valence-electron chi connectivity index (χ3n) is 2.24. The van der Waals surface area contributed by atoms with Crippen molar-refractivity contribution in [1.29, 1.82) is 0 Å². The largest absolute Gasteiger partial charge is 0.493 e. The van der Waals surface area contributed by atoms with Gasteiger partial charge in [-0.3, -0.25) is 4.79 Å². The number of aryl methyl sites for hydroxylation is 1. The van der Waals surface area contributed by atoms with Crippen LogP contribution < -0.4 is 9.47 Å². The lowest BCUT2D eigenvalue weighted by Gasteiger charge is -2.16. The average molecular weight is 238 g/mol. The molecule has 0 bridgehead atoms. The van der Waals surface area contributed by atoms with E-state index in [0.29, 0.717) is 17.9 Å². The predicted octanol–water partition coefficient (Wildman–Crippen LogP) is 2.50. The van der Waals surface area contributed by atoms with Crippen LogP contribution in [0.1, 0.15) is 25.8 Å². The molecule has 0 aromatic heterocycles. The van der Waals surface area contributed by atoms with Gasteiger partial charge in [0, 0.05) is 6.42 Å². The maximum absolute atomic E-state index is 10.6. The Bertz CT molecular complexity index is 385. The van der Waals surface area contributed by atoms with Crippen LogP contribution in [-0.2, 0) is 11.2 Å². The van der Waals surface area contributed by atoms with Crippen molar-refractivity contribution in [1.82, 2.24) is 0 Å². The Hall–Kier alpha value is -1.71. The Morgan fingerprint density at radius 3 is 2.65 bits per heavy atom. The van der Waals surface area contributed by atoms with Crippen molar-refractivity contribution in [3.8, 4) is 11.5 Å². The lowest BCUT2D eigenvalue weighted by Crippen LogP contribution is -2.08. The Kier molecular flexibility index (Phi) is 4.82. The van der Waals surface area contributed by atoms with Crippen LogP contribution >= 0.6 is 0 Å². The monoisotopic (exact) mass is 238 g/mol. The molecule has 4 heteroatoms. The number of hydrogen-bond acceptors (Lipinski definition) is 3. The zero-order chi connectivity index (χ0) is 12.8. The SMILES string of the molecule is COc1c(CCC(=O)O)cccc1OC(C)C. The molecule has 4 nitrogen and oxygen atoms in total. The summed E-state index contributed by atoms with van der Waals surface area (Å²) in [6.45, 7) is 3.87.